The summed E-state index contributed by atoms with van der Waals surface area (Å²) >= 11 is 0. The van der Waals surface area contributed by atoms with Gasteiger partial charge in [0.25, 0.3) is 5.91 Å². The molecule has 0 saturated heterocycles. The van der Waals surface area contributed by atoms with E-state index in [1.54, 1.807) is 29.3 Å². The van der Waals surface area contributed by atoms with Crippen LogP contribution in [0.4, 0.5) is 17.3 Å². The largest absolute Gasteiger partial charge is 0.336 e. The van der Waals surface area contributed by atoms with Crippen molar-refractivity contribution in [3.63, 3.8) is 0 Å². The summed E-state index contributed by atoms with van der Waals surface area (Å²) in [5.74, 6) is 0.848. The van der Waals surface area contributed by atoms with Gasteiger partial charge in [0.1, 0.15) is 6.33 Å². The first-order valence-corrected chi connectivity index (χ1v) is 9.47. The minimum absolute atomic E-state index is 0.223. The van der Waals surface area contributed by atoms with E-state index in [0.29, 0.717) is 23.2 Å². The number of carbonyl (C=O) groups excluding carboxylic acids is 1. The molecule has 4 rings (SSSR count). The van der Waals surface area contributed by atoms with Gasteiger partial charge in [0.15, 0.2) is 17.3 Å². The van der Waals surface area contributed by atoms with Crippen molar-refractivity contribution in [2.24, 2.45) is 0 Å². The van der Waals surface area contributed by atoms with Gasteiger partial charge in [0.2, 0.25) is 0 Å². The Morgan fingerprint density at radius 2 is 2.03 bits per heavy atom. The number of rotatable bonds is 8. The molecule has 0 unspecified atom stereocenters. The lowest BCUT2D eigenvalue weighted by Crippen LogP contribution is -2.20. The van der Waals surface area contributed by atoms with Gasteiger partial charge in [-0.15, -0.1) is 0 Å². The smallest absolute Gasteiger partial charge is 0.279 e. The monoisotopic (exact) mass is 393 g/mol. The van der Waals surface area contributed by atoms with Crippen LogP contribution in [0, 0.1) is 0 Å². The van der Waals surface area contributed by atoms with Crippen LogP contribution in [0.5, 0.6) is 0 Å². The topological polar surface area (TPSA) is 114 Å². The van der Waals surface area contributed by atoms with Crippen molar-refractivity contribution in [1.82, 2.24) is 34.6 Å². The fourth-order valence-corrected chi connectivity index (χ4v) is 2.76. The number of nitrogens with zero attached hydrogens (tertiary/aromatic N) is 7. The summed E-state index contributed by atoms with van der Waals surface area (Å²) in [5, 5.41) is 10.3. The Morgan fingerprint density at radius 1 is 1.24 bits per heavy atom. The Kier molecular flexibility index (Phi) is 5.43. The molecule has 150 valence electrons. The molecule has 1 aliphatic carbocycles. The zero-order valence-electron chi connectivity index (χ0n) is 16.4. The lowest BCUT2D eigenvalue weighted by molar-refractivity contribution is 0.102. The van der Waals surface area contributed by atoms with Crippen molar-refractivity contribution in [1.29, 1.82) is 0 Å². The number of hydrogen-bond acceptors (Lipinski definition) is 8. The molecule has 2 N–H and O–H groups in total. The van der Waals surface area contributed by atoms with Crippen molar-refractivity contribution < 1.29 is 4.79 Å². The Morgan fingerprint density at radius 3 is 2.76 bits per heavy atom. The number of hydrogen-bond donors (Lipinski definition) is 2. The minimum Gasteiger partial charge on any atom is -0.336 e. The maximum absolute atomic E-state index is 13.0. The fourth-order valence-electron chi connectivity index (χ4n) is 2.76. The normalized spacial score (nSPS) is 13.5. The number of carbonyl (C=O) groups is 1. The van der Waals surface area contributed by atoms with Gasteiger partial charge in [-0.1, -0.05) is 0 Å². The quantitative estimate of drug-likeness (QED) is 0.596. The lowest BCUT2D eigenvalue weighted by Gasteiger charge is -2.11. The van der Waals surface area contributed by atoms with E-state index in [1.165, 1.54) is 6.33 Å². The van der Waals surface area contributed by atoms with Crippen molar-refractivity contribution in [2.75, 3.05) is 31.3 Å². The van der Waals surface area contributed by atoms with Crippen LogP contribution >= 0.6 is 0 Å². The van der Waals surface area contributed by atoms with Crippen molar-refractivity contribution in [3.8, 4) is 0 Å². The Hall–Kier alpha value is -3.40. The van der Waals surface area contributed by atoms with E-state index in [1.807, 2.05) is 20.3 Å². The Balaban J connectivity index is 1.53. The second-order valence-electron chi connectivity index (χ2n) is 7.24. The van der Waals surface area contributed by atoms with Crippen LogP contribution in [0.15, 0.2) is 37.2 Å². The summed E-state index contributed by atoms with van der Waals surface area (Å²) in [4.78, 5) is 32.0. The highest BCUT2D eigenvalue weighted by Gasteiger charge is 2.28. The fraction of sp³-hybridized carbons (Fsp3) is 0.368. The number of aromatic nitrogens is 6. The van der Waals surface area contributed by atoms with Crippen molar-refractivity contribution in [2.45, 2.75) is 25.3 Å². The van der Waals surface area contributed by atoms with Crippen LogP contribution in [0.2, 0.25) is 0 Å². The minimum atomic E-state index is -0.364. The van der Waals surface area contributed by atoms with Gasteiger partial charge in [-0.25, -0.2) is 19.9 Å². The van der Waals surface area contributed by atoms with E-state index in [-0.39, 0.29) is 11.6 Å². The summed E-state index contributed by atoms with van der Waals surface area (Å²) in [6.07, 6.45) is 10.4. The average Bonchev–Trinajstić information content (AvgIpc) is 3.47. The molecule has 1 aliphatic rings. The summed E-state index contributed by atoms with van der Waals surface area (Å²) in [6.45, 7) is 1.60. The highest BCUT2D eigenvalue weighted by atomic mass is 16.2. The molecular weight excluding hydrogens is 370 g/mol. The van der Waals surface area contributed by atoms with Gasteiger partial charge >= 0.3 is 0 Å². The third-order valence-corrected chi connectivity index (χ3v) is 4.48. The molecule has 0 atom stereocenters. The summed E-state index contributed by atoms with van der Waals surface area (Å²) in [6, 6.07) is 1.77. The molecule has 10 nitrogen and oxygen atoms in total. The van der Waals surface area contributed by atoms with Gasteiger partial charge in [-0.3, -0.25) is 9.48 Å². The van der Waals surface area contributed by atoms with E-state index < -0.39 is 0 Å². The van der Waals surface area contributed by atoms with Crippen LogP contribution in [0.1, 0.15) is 34.9 Å². The van der Waals surface area contributed by atoms with E-state index in [9.17, 15) is 4.79 Å². The predicted octanol–water partition coefficient (Wildman–Crippen LogP) is 1.90. The van der Waals surface area contributed by atoms with Crippen molar-refractivity contribution >= 4 is 23.2 Å². The summed E-state index contributed by atoms with van der Waals surface area (Å²) < 4.78 is 1.79. The van der Waals surface area contributed by atoms with Crippen molar-refractivity contribution in [3.05, 3.63) is 48.6 Å². The first-order chi connectivity index (χ1) is 14.1. The molecule has 3 heterocycles. The first-order valence-electron chi connectivity index (χ1n) is 9.47. The van der Waals surface area contributed by atoms with E-state index >= 15 is 0 Å². The zero-order chi connectivity index (χ0) is 20.2. The summed E-state index contributed by atoms with van der Waals surface area (Å²) in [7, 11) is 4.01. The molecule has 3 aromatic heterocycles. The second kappa shape index (κ2) is 8.31. The van der Waals surface area contributed by atoms with Gasteiger partial charge in [0, 0.05) is 24.7 Å². The number of anilines is 3. The number of nitrogens with one attached hydrogen (secondary N) is 2. The third kappa shape index (κ3) is 4.91. The Labute approximate surface area is 168 Å². The molecule has 29 heavy (non-hydrogen) atoms. The molecule has 1 amide bonds. The van der Waals surface area contributed by atoms with Crippen LogP contribution in [-0.4, -0.2) is 61.2 Å². The lowest BCUT2D eigenvalue weighted by atomic mass is 10.2. The molecule has 1 fully saturated rings. The molecule has 1 saturated carbocycles. The molecule has 0 aliphatic heterocycles. The highest BCUT2D eigenvalue weighted by Crippen LogP contribution is 2.39. The van der Waals surface area contributed by atoms with Gasteiger partial charge in [-0.2, -0.15) is 5.10 Å². The van der Waals surface area contributed by atoms with Crippen LogP contribution < -0.4 is 10.6 Å². The summed E-state index contributed by atoms with van der Waals surface area (Å²) in [5.41, 5.74) is 1.69. The maximum atomic E-state index is 13.0. The molecule has 10 heteroatoms. The third-order valence-electron chi connectivity index (χ3n) is 4.48. The maximum Gasteiger partial charge on any atom is 0.279 e. The van der Waals surface area contributed by atoms with Gasteiger partial charge < -0.3 is 15.5 Å². The van der Waals surface area contributed by atoms with Crippen LogP contribution in [0.3, 0.4) is 0 Å². The molecule has 0 spiro atoms. The average molecular weight is 393 g/mol. The first kappa shape index (κ1) is 18.9. The Bertz CT molecular complexity index is 982. The van der Waals surface area contributed by atoms with E-state index in [2.05, 4.69) is 40.6 Å². The molecule has 3 aromatic rings. The number of amides is 1. The van der Waals surface area contributed by atoms with Crippen LogP contribution in [0.25, 0.3) is 0 Å². The molecule has 0 aromatic carbocycles. The standard InChI is InChI=1S/C19H23N9O/c1-27(2)7-8-28-6-5-16(26-28)25-19(29)17-18(23-14-9-20-12-21-10-14)22-11-15(24-17)13-3-4-13/h5-6,9-13H,3-4,7-8H2,1-2H3,(H,22,23)(H,25,26,29). The molecular formula is C19H23N9O. The molecule has 0 radical (unpaired) electrons. The van der Waals surface area contributed by atoms with Gasteiger partial charge in [-0.05, 0) is 26.9 Å². The van der Waals surface area contributed by atoms with E-state index in [0.717, 1.165) is 31.6 Å². The predicted molar refractivity (Wildman–Crippen MR) is 108 cm³/mol. The van der Waals surface area contributed by atoms with Gasteiger partial charge in [0.05, 0.1) is 36.5 Å². The molecule has 0 bridgehead atoms. The second-order valence-corrected chi connectivity index (χ2v) is 7.24. The van der Waals surface area contributed by atoms with Crippen LogP contribution in [-0.2, 0) is 6.54 Å². The number of likely N-dealkylation sites (N-methyl/N-ethyl adjacent to an activating group) is 1. The van der Waals surface area contributed by atoms with E-state index in [4.69, 9.17) is 0 Å². The zero-order valence-corrected chi connectivity index (χ0v) is 16.4. The highest BCUT2D eigenvalue weighted by molar-refractivity contribution is 6.05. The SMILES string of the molecule is CN(C)CCn1ccc(NC(=O)c2nc(C3CC3)cnc2Nc2cncnc2)n1.